The SMILES string of the molecule is Nc1cccc(Br)c1NCC(O)CCc1ccccc1. The van der Waals surface area contributed by atoms with Crippen LogP contribution in [0.25, 0.3) is 0 Å². The zero-order chi connectivity index (χ0) is 14.4. The molecule has 2 rings (SSSR count). The first kappa shape index (κ1) is 14.9. The Kier molecular flexibility index (Phi) is 5.44. The number of aliphatic hydroxyl groups is 1. The molecule has 1 atom stereocenters. The van der Waals surface area contributed by atoms with Gasteiger partial charge in [0.25, 0.3) is 0 Å². The number of aryl methyl sites for hydroxylation is 1. The number of hydrogen-bond acceptors (Lipinski definition) is 3. The Morgan fingerprint density at radius 1 is 1.10 bits per heavy atom. The Labute approximate surface area is 127 Å². The van der Waals surface area contributed by atoms with Gasteiger partial charge in [-0.25, -0.2) is 0 Å². The molecule has 0 radical (unpaired) electrons. The highest BCUT2D eigenvalue weighted by Gasteiger charge is 2.08. The molecule has 0 amide bonds. The Morgan fingerprint density at radius 3 is 2.55 bits per heavy atom. The van der Waals surface area contributed by atoms with Gasteiger partial charge >= 0.3 is 0 Å². The van der Waals surface area contributed by atoms with Crippen LogP contribution in [-0.4, -0.2) is 17.8 Å². The van der Waals surface area contributed by atoms with Gasteiger partial charge in [-0.15, -0.1) is 0 Å². The van der Waals surface area contributed by atoms with E-state index in [-0.39, 0.29) is 0 Å². The van der Waals surface area contributed by atoms with E-state index >= 15 is 0 Å². The van der Waals surface area contributed by atoms with Crippen molar-refractivity contribution in [2.75, 3.05) is 17.6 Å². The van der Waals surface area contributed by atoms with Crippen LogP contribution < -0.4 is 11.1 Å². The standard InChI is InChI=1S/C16H19BrN2O/c17-14-7-4-8-15(18)16(14)19-11-13(20)10-9-12-5-2-1-3-6-12/h1-8,13,19-20H,9-11,18H2. The maximum absolute atomic E-state index is 10.0. The topological polar surface area (TPSA) is 58.3 Å². The number of nitrogens with two attached hydrogens (primary N) is 1. The van der Waals surface area contributed by atoms with Crippen molar-refractivity contribution in [1.82, 2.24) is 0 Å². The van der Waals surface area contributed by atoms with Crippen molar-refractivity contribution in [3.63, 3.8) is 0 Å². The van der Waals surface area contributed by atoms with Gasteiger partial charge in [-0.05, 0) is 46.5 Å². The highest BCUT2D eigenvalue weighted by molar-refractivity contribution is 9.10. The number of anilines is 2. The maximum Gasteiger partial charge on any atom is 0.0719 e. The fourth-order valence-electron chi connectivity index (χ4n) is 2.03. The van der Waals surface area contributed by atoms with Gasteiger partial charge in [-0.2, -0.15) is 0 Å². The molecule has 0 aliphatic carbocycles. The van der Waals surface area contributed by atoms with E-state index in [1.54, 1.807) is 0 Å². The Hall–Kier alpha value is -1.52. The summed E-state index contributed by atoms with van der Waals surface area (Å²) in [5, 5.41) is 13.2. The predicted molar refractivity (Wildman–Crippen MR) is 87.8 cm³/mol. The zero-order valence-electron chi connectivity index (χ0n) is 11.2. The van der Waals surface area contributed by atoms with Crippen molar-refractivity contribution in [2.24, 2.45) is 0 Å². The maximum atomic E-state index is 10.0. The number of para-hydroxylation sites is 1. The minimum absolute atomic E-state index is 0.401. The van der Waals surface area contributed by atoms with Gasteiger partial charge in [0.15, 0.2) is 0 Å². The number of benzene rings is 2. The Morgan fingerprint density at radius 2 is 1.85 bits per heavy atom. The van der Waals surface area contributed by atoms with Crippen LogP contribution in [0.15, 0.2) is 53.0 Å². The molecule has 1 unspecified atom stereocenters. The minimum Gasteiger partial charge on any atom is -0.397 e. The van der Waals surface area contributed by atoms with Crippen molar-refractivity contribution >= 4 is 27.3 Å². The van der Waals surface area contributed by atoms with E-state index < -0.39 is 6.10 Å². The molecule has 0 saturated heterocycles. The fraction of sp³-hybridized carbons (Fsp3) is 0.250. The number of hydrogen-bond donors (Lipinski definition) is 3. The molecule has 2 aromatic rings. The number of nitrogens with one attached hydrogen (secondary N) is 1. The first-order chi connectivity index (χ1) is 9.66. The van der Waals surface area contributed by atoms with Gasteiger partial charge in [0.2, 0.25) is 0 Å². The quantitative estimate of drug-likeness (QED) is 0.709. The summed E-state index contributed by atoms with van der Waals surface area (Å²) in [6, 6.07) is 15.8. The lowest BCUT2D eigenvalue weighted by Gasteiger charge is -2.15. The molecule has 2 aromatic carbocycles. The van der Waals surface area contributed by atoms with Crippen LogP contribution in [-0.2, 0) is 6.42 Å². The van der Waals surface area contributed by atoms with Crippen LogP contribution in [0.3, 0.4) is 0 Å². The highest BCUT2D eigenvalue weighted by atomic mass is 79.9. The molecule has 20 heavy (non-hydrogen) atoms. The molecule has 0 spiro atoms. The van der Waals surface area contributed by atoms with E-state index in [1.807, 2.05) is 36.4 Å². The van der Waals surface area contributed by atoms with Crippen LogP contribution in [0.2, 0.25) is 0 Å². The molecular formula is C16H19BrN2O. The summed E-state index contributed by atoms with van der Waals surface area (Å²) >= 11 is 3.45. The van der Waals surface area contributed by atoms with Gasteiger partial charge < -0.3 is 16.2 Å². The first-order valence-electron chi connectivity index (χ1n) is 6.66. The lowest BCUT2D eigenvalue weighted by Crippen LogP contribution is -2.20. The van der Waals surface area contributed by atoms with Gasteiger partial charge in [0.1, 0.15) is 0 Å². The summed E-state index contributed by atoms with van der Waals surface area (Å²) in [5.74, 6) is 0. The van der Waals surface area contributed by atoms with E-state index in [2.05, 4.69) is 33.4 Å². The van der Waals surface area contributed by atoms with Crippen LogP contribution in [0, 0.1) is 0 Å². The Bertz CT molecular complexity index is 525. The molecule has 106 valence electrons. The minimum atomic E-state index is -0.401. The fourth-order valence-corrected chi connectivity index (χ4v) is 2.55. The van der Waals surface area contributed by atoms with Crippen LogP contribution in [0.1, 0.15) is 12.0 Å². The van der Waals surface area contributed by atoms with Gasteiger partial charge in [0.05, 0.1) is 17.5 Å². The average Bonchev–Trinajstić information content (AvgIpc) is 2.46. The van der Waals surface area contributed by atoms with E-state index in [0.29, 0.717) is 12.2 Å². The van der Waals surface area contributed by atoms with E-state index in [1.165, 1.54) is 5.56 Å². The van der Waals surface area contributed by atoms with E-state index in [0.717, 1.165) is 23.0 Å². The van der Waals surface area contributed by atoms with Crippen molar-refractivity contribution in [1.29, 1.82) is 0 Å². The lowest BCUT2D eigenvalue weighted by atomic mass is 10.1. The molecule has 0 aliphatic rings. The zero-order valence-corrected chi connectivity index (χ0v) is 12.8. The monoisotopic (exact) mass is 334 g/mol. The molecule has 4 heteroatoms. The summed E-state index contributed by atoms with van der Waals surface area (Å²) in [4.78, 5) is 0. The van der Waals surface area contributed by atoms with Gasteiger partial charge in [-0.1, -0.05) is 36.4 Å². The van der Waals surface area contributed by atoms with Gasteiger partial charge in [0, 0.05) is 11.0 Å². The normalized spacial score (nSPS) is 12.1. The third kappa shape index (κ3) is 4.25. The average molecular weight is 335 g/mol. The van der Waals surface area contributed by atoms with Crippen LogP contribution in [0.5, 0.6) is 0 Å². The summed E-state index contributed by atoms with van der Waals surface area (Å²) < 4.78 is 0.910. The number of halogens is 1. The van der Waals surface area contributed by atoms with Crippen LogP contribution in [0.4, 0.5) is 11.4 Å². The number of nitrogen functional groups attached to an aromatic ring is 1. The van der Waals surface area contributed by atoms with Crippen molar-refractivity contribution in [3.8, 4) is 0 Å². The third-order valence-corrected chi connectivity index (χ3v) is 3.83. The summed E-state index contributed by atoms with van der Waals surface area (Å²) in [6.07, 6.45) is 1.19. The molecule has 0 heterocycles. The lowest BCUT2D eigenvalue weighted by molar-refractivity contribution is 0.178. The first-order valence-corrected chi connectivity index (χ1v) is 7.46. The summed E-state index contributed by atoms with van der Waals surface area (Å²) in [5.41, 5.74) is 8.66. The highest BCUT2D eigenvalue weighted by Crippen LogP contribution is 2.28. The summed E-state index contributed by atoms with van der Waals surface area (Å²) in [6.45, 7) is 0.486. The molecule has 0 saturated carbocycles. The second-order valence-corrected chi connectivity index (χ2v) is 5.62. The Balaban J connectivity index is 1.82. The molecule has 0 aromatic heterocycles. The molecule has 0 bridgehead atoms. The van der Waals surface area contributed by atoms with Crippen molar-refractivity contribution in [2.45, 2.75) is 18.9 Å². The molecule has 3 nitrogen and oxygen atoms in total. The van der Waals surface area contributed by atoms with E-state index in [4.69, 9.17) is 5.73 Å². The van der Waals surface area contributed by atoms with Gasteiger partial charge in [-0.3, -0.25) is 0 Å². The second-order valence-electron chi connectivity index (χ2n) is 4.76. The predicted octanol–water partition coefficient (Wildman–Crippen LogP) is 3.44. The summed E-state index contributed by atoms with van der Waals surface area (Å²) in [7, 11) is 0. The molecular weight excluding hydrogens is 316 g/mol. The third-order valence-electron chi connectivity index (χ3n) is 3.17. The van der Waals surface area contributed by atoms with Crippen LogP contribution >= 0.6 is 15.9 Å². The molecule has 0 aliphatic heterocycles. The van der Waals surface area contributed by atoms with E-state index in [9.17, 15) is 5.11 Å². The second kappa shape index (κ2) is 7.31. The number of aliphatic hydroxyl groups excluding tert-OH is 1. The number of rotatable bonds is 6. The largest absolute Gasteiger partial charge is 0.397 e. The molecule has 0 fully saturated rings. The smallest absolute Gasteiger partial charge is 0.0719 e. The van der Waals surface area contributed by atoms with Crippen molar-refractivity contribution in [3.05, 3.63) is 58.6 Å². The molecule has 4 N–H and O–H groups in total. The van der Waals surface area contributed by atoms with Crippen molar-refractivity contribution < 1.29 is 5.11 Å².